The largest absolute Gasteiger partial charge is 0.573 e. The molecule has 1 atom stereocenters. The SMILES string of the molecule is CNC(CS(C)(=O)=O)c1ccccc1OC(F)(F)F. The Morgan fingerprint density at radius 1 is 1.32 bits per heavy atom. The Morgan fingerprint density at radius 2 is 1.89 bits per heavy atom. The number of hydrogen-bond acceptors (Lipinski definition) is 4. The monoisotopic (exact) mass is 297 g/mol. The van der Waals surface area contributed by atoms with Crippen molar-refractivity contribution in [1.29, 1.82) is 0 Å². The molecule has 0 saturated heterocycles. The summed E-state index contributed by atoms with van der Waals surface area (Å²) < 4.78 is 63.2. The van der Waals surface area contributed by atoms with Crippen LogP contribution in [-0.4, -0.2) is 33.8 Å². The molecule has 1 aromatic rings. The first-order valence-corrected chi connectivity index (χ1v) is 7.38. The third-order valence-corrected chi connectivity index (χ3v) is 3.28. The van der Waals surface area contributed by atoms with Gasteiger partial charge in [0.05, 0.1) is 5.75 Å². The van der Waals surface area contributed by atoms with E-state index in [0.29, 0.717) is 0 Å². The molecule has 0 amide bonds. The molecule has 0 bridgehead atoms. The number of ether oxygens (including phenoxy) is 1. The van der Waals surface area contributed by atoms with Crippen molar-refractivity contribution in [3.8, 4) is 5.75 Å². The number of hydrogen-bond donors (Lipinski definition) is 1. The first-order chi connectivity index (χ1) is 8.62. The summed E-state index contributed by atoms with van der Waals surface area (Å²) in [5, 5.41) is 2.67. The summed E-state index contributed by atoms with van der Waals surface area (Å²) >= 11 is 0. The number of nitrogens with one attached hydrogen (secondary N) is 1. The lowest BCUT2D eigenvalue weighted by atomic mass is 10.1. The van der Waals surface area contributed by atoms with Crippen LogP contribution in [0.15, 0.2) is 24.3 Å². The summed E-state index contributed by atoms with van der Waals surface area (Å²) in [5.74, 6) is -0.722. The van der Waals surface area contributed by atoms with Crippen molar-refractivity contribution in [3.05, 3.63) is 29.8 Å². The van der Waals surface area contributed by atoms with Crippen LogP contribution in [0.1, 0.15) is 11.6 Å². The maximum atomic E-state index is 12.3. The highest BCUT2D eigenvalue weighted by molar-refractivity contribution is 7.90. The second-order valence-electron chi connectivity index (χ2n) is 4.02. The van der Waals surface area contributed by atoms with E-state index in [4.69, 9.17) is 0 Å². The Labute approximate surface area is 109 Å². The van der Waals surface area contributed by atoms with E-state index in [0.717, 1.165) is 12.3 Å². The molecule has 0 aromatic heterocycles. The Morgan fingerprint density at radius 3 is 2.37 bits per heavy atom. The number of sulfone groups is 1. The highest BCUT2D eigenvalue weighted by Gasteiger charge is 2.33. The van der Waals surface area contributed by atoms with Crippen molar-refractivity contribution in [3.63, 3.8) is 0 Å². The molecule has 1 rings (SSSR count). The topological polar surface area (TPSA) is 55.4 Å². The van der Waals surface area contributed by atoms with Crippen LogP contribution in [0.5, 0.6) is 5.75 Å². The van der Waals surface area contributed by atoms with E-state index in [1.165, 1.54) is 25.2 Å². The van der Waals surface area contributed by atoms with Gasteiger partial charge in [-0.15, -0.1) is 13.2 Å². The van der Waals surface area contributed by atoms with E-state index >= 15 is 0 Å². The lowest BCUT2D eigenvalue weighted by Gasteiger charge is -2.20. The number of benzene rings is 1. The Balaban J connectivity index is 3.10. The fourth-order valence-corrected chi connectivity index (χ4v) is 2.57. The second kappa shape index (κ2) is 5.79. The van der Waals surface area contributed by atoms with Gasteiger partial charge in [0.15, 0.2) is 0 Å². The summed E-state index contributed by atoms with van der Waals surface area (Å²) in [6.07, 6.45) is -3.80. The highest BCUT2D eigenvalue weighted by atomic mass is 32.2. The molecule has 0 aliphatic heterocycles. The molecule has 0 aliphatic carbocycles. The van der Waals surface area contributed by atoms with Crippen molar-refractivity contribution >= 4 is 9.84 Å². The normalized spacial score (nSPS) is 14.2. The van der Waals surface area contributed by atoms with Gasteiger partial charge in [-0.1, -0.05) is 18.2 Å². The average Bonchev–Trinajstić information content (AvgIpc) is 2.23. The summed E-state index contributed by atoms with van der Waals surface area (Å²) in [6, 6.07) is 4.68. The first kappa shape index (κ1) is 15.8. The Hall–Kier alpha value is -1.28. The summed E-state index contributed by atoms with van der Waals surface area (Å²) in [6.45, 7) is 0. The van der Waals surface area contributed by atoms with Gasteiger partial charge in [0.1, 0.15) is 15.6 Å². The molecule has 1 aromatic carbocycles. The molecule has 0 aliphatic rings. The summed E-state index contributed by atoms with van der Waals surface area (Å²) in [5.41, 5.74) is 0.146. The van der Waals surface area contributed by atoms with Crippen LogP contribution in [0.3, 0.4) is 0 Å². The van der Waals surface area contributed by atoms with Crippen LogP contribution in [0.4, 0.5) is 13.2 Å². The minimum absolute atomic E-state index is 0.146. The second-order valence-corrected chi connectivity index (χ2v) is 6.20. The van der Waals surface area contributed by atoms with Crippen molar-refractivity contribution < 1.29 is 26.3 Å². The average molecular weight is 297 g/mol. The molecule has 1 unspecified atom stereocenters. The zero-order valence-corrected chi connectivity index (χ0v) is 11.2. The van der Waals surface area contributed by atoms with Gasteiger partial charge < -0.3 is 10.1 Å². The zero-order chi connectivity index (χ0) is 14.7. The van der Waals surface area contributed by atoms with Gasteiger partial charge in [0.2, 0.25) is 0 Å². The zero-order valence-electron chi connectivity index (χ0n) is 10.4. The molecule has 19 heavy (non-hydrogen) atoms. The van der Waals surface area contributed by atoms with E-state index in [1.807, 2.05) is 0 Å². The van der Waals surface area contributed by atoms with E-state index in [-0.39, 0.29) is 11.3 Å². The fourth-order valence-electron chi connectivity index (χ4n) is 1.62. The van der Waals surface area contributed by atoms with Gasteiger partial charge in [-0.05, 0) is 13.1 Å². The minimum Gasteiger partial charge on any atom is -0.405 e. The van der Waals surface area contributed by atoms with Crippen molar-refractivity contribution in [2.24, 2.45) is 0 Å². The predicted octanol–water partition coefficient (Wildman–Crippen LogP) is 1.89. The van der Waals surface area contributed by atoms with Crippen LogP contribution in [0, 0.1) is 0 Å². The molecule has 8 heteroatoms. The highest BCUT2D eigenvalue weighted by Crippen LogP contribution is 2.30. The van der Waals surface area contributed by atoms with Crippen molar-refractivity contribution in [1.82, 2.24) is 5.32 Å². The maximum absolute atomic E-state index is 12.3. The molecule has 0 spiro atoms. The fraction of sp³-hybridized carbons (Fsp3) is 0.455. The van der Waals surface area contributed by atoms with Gasteiger partial charge in [-0.2, -0.15) is 0 Å². The third kappa shape index (κ3) is 5.48. The first-order valence-electron chi connectivity index (χ1n) is 5.32. The van der Waals surface area contributed by atoms with Crippen molar-refractivity contribution in [2.45, 2.75) is 12.4 Å². The van der Waals surface area contributed by atoms with Crippen LogP contribution in [0.25, 0.3) is 0 Å². The molecule has 108 valence electrons. The maximum Gasteiger partial charge on any atom is 0.573 e. The van der Waals surface area contributed by atoms with Gasteiger partial charge in [0, 0.05) is 17.9 Å². The van der Waals surface area contributed by atoms with Gasteiger partial charge >= 0.3 is 6.36 Å². The van der Waals surface area contributed by atoms with E-state index < -0.39 is 28.0 Å². The number of halogens is 3. The molecule has 0 radical (unpaired) electrons. The number of alkyl halides is 3. The van der Waals surface area contributed by atoms with E-state index in [2.05, 4.69) is 10.1 Å². The molecule has 1 N–H and O–H groups in total. The lowest BCUT2D eigenvalue weighted by Crippen LogP contribution is -2.26. The Bertz CT molecular complexity index is 528. The van der Waals surface area contributed by atoms with Crippen LogP contribution >= 0.6 is 0 Å². The van der Waals surface area contributed by atoms with E-state index in [1.54, 1.807) is 0 Å². The van der Waals surface area contributed by atoms with Gasteiger partial charge in [-0.25, -0.2) is 8.42 Å². The lowest BCUT2D eigenvalue weighted by molar-refractivity contribution is -0.275. The van der Waals surface area contributed by atoms with Gasteiger partial charge in [0.25, 0.3) is 0 Å². The molecular weight excluding hydrogens is 283 g/mol. The number of para-hydroxylation sites is 1. The van der Waals surface area contributed by atoms with Crippen LogP contribution in [-0.2, 0) is 9.84 Å². The van der Waals surface area contributed by atoms with E-state index in [9.17, 15) is 21.6 Å². The molecule has 0 heterocycles. The third-order valence-electron chi connectivity index (χ3n) is 2.34. The molecule has 4 nitrogen and oxygen atoms in total. The predicted molar refractivity (Wildman–Crippen MR) is 64.6 cm³/mol. The van der Waals surface area contributed by atoms with Crippen molar-refractivity contribution in [2.75, 3.05) is 19.1 Å². The van der Waals surface area contributed by atoms with Gasteiger partial charge in [-0.3, -0.25) is 0 Å². The van der Waals surface area contributed by atoms with Crippen LogP contribution in [0.2, 0.25) is 0 Å². The molecule has 0 saturated carbocycles. The number of rotatable bonds is 5. The minimum atomic E-state index is -4.82. The van der Waals surface area contributed by atoms with Crippen LogP contribution < -0.4 is 10.1 Å². The quantitative estimate of drug-likeness (QED) is 0.902. The molecule has 0 fully saturated rings. The Kier molecular flexibility index (Phi) is 4.81. The molecular formula is C11H14F3NO3S. The standard InChI is InChI=1S/C11H14F3NO3S/c1-15-9(7-19(2,16)17)8-5-3-4-6-10(8)18-11(12,13)14/h3-6,9,15H,7H2,1-2H3. The summed E-state index contributed by atoms with van der Waals surface area (Å²) in [4.78, 5) is 0. The smallest absolute Gasteiger partial charge is 0.405 e. The summed E-state index contributed by atoms with van der Waals surface area (Å²) in [7, 11) is -1.87.